The molecule has 1 amide bonds. The zero-order valence-corrected chi connectivity index (χ0v) is 13.3. The first-order valence-electron chi connectivity index (χ1n) is 7.40. The Bertz CT molecular complexity index is 443. The molecule has 1 fully saturated rings. The first kappa shape index (κ1) is 15.8. The largest absolute Gasteiger partial charge is 0.349 e. The molecular formula is C15H23ClN2OS. The number of thiophene rings is 1. The molecule has 3 nitrogen and oxygen atoms in total. The van der Waals surface area contributed by atoms with E-state index in [4.69, 9.17) is 5.73 Å². The summed E-state index contributed by atoms with van der Waals surface area (Å²) in [5.74, 6) is 0.125. The summed E-state index contributed by atoms with van der Waals surface area (Å²) in [6, 6.07) is 2.77. The Labute approximate surface area is 130 Å². The van der Waals surface area contributed by atoms with Crippen molar-refractivity contribution in [1.82, 2.24) is 5.32 Å². The van der Waals surface area contributed by atoms with Crippen molar-refractivity contribution < 1.29 is 4.79 Å². The summed E-state index contributed by atoms with van der Waals surface area (Å²) in [6.45, 7) is 0. The first-order chi connectivity index (χ1) is 9.22. The molecule has 5 heteroatoms. The lowest BCUT2D eigenvalue weighted by Crippen LogP contribution is -2.40. The third-order valence-electron chi connectivity index (χ3n) is 4.33. The van der Waals surface area contributed by atoms with Gasteiger partial charge in [0.15, 0.2) is 0 Å². The van der Waals surface area contributed by atoms with E-state index in [0.29, 0.717) is 12.1 Å². The van der Waals surface area contributed by atoms with Gasteiger partial charge in [0.2, 0.25) is 0 Å². The second-order valence-corrected chi connectivity index (χ2v) is 6.99. The summed E-state index contributed by atoms with van der Waals surface area (Å²) in [4.78, 5) is 14.6. The SMILES string of the molecule is Cl.NC1CCC(NC(=O)c2cc3c(s2)CCCC3)CC1. The van der Waals surface area contributed by atoms with Crippen LogP contribution >= 0.6 is 23.7 Å². The van der Waals surface area contributed by atoms with Gasteiger partial charge in [-0.2, -0.15) is 0 Å². The molecule has 2 aliphatic carbocycles. The minimum absolute atomic E-state index is 0. The van der Waals surface area contributed by atoms with Gasteiger partial charge in [0.1, 0.15) is 0 Å². The van der Waals surface area contributed by atoms with E-state index in [0.717, 1.165) is 43.4 Å². The molecule has 1 aromatic rings. The van der Waals surface area contributed by atoms with Crippen molar-refractivity contribution in [3.05, 3.63) is 21.4 Å². The maximum absolute atomic E-state index is 12.3. The Hall–Kier alpha value is -0.580. The number of rotatable bonds is 2. The fourth-order valence-electron chi connectivity index (χ4n) is 3.12. The first-order valence-corrected chi connectivity index (χ1v) is 8.22. The van der Waals surface area contributed by atoms with Gasteiger partial charge in [0, 0.05) is 17.0 Å². The number of hydrogen-bond acceptors (Lipinski definition) is 3. The lowest BCUT2D eigenvalue weighted by molar-refractivity contribution is 0.0930. The van der Waals surface area contributed by atoms with Gasteiger partial charge in [-0.05, 0) is 63.0 Å². The average molecular weight is 315 g/mol. The van der Waals surface area contributed by atoms with Gasteiger partial charge in [-0.1, -0.05) is 0 Å². The standard InChI is InChI=1S/C15H22N2OS.ClH/c16-11-5-7-12(8-6-11)17-15(18)14-9-10-3-1-2-4-13(10)19-14;/h9,11-12H,1-8,16H2,(H,17,18);1H. The zero-order chi connectivity index (χ0) is 13.2. The van der Waals surface area contributed by atoms with E-state index >= 15 is 0 Å². The van der Waals surface area contributed by atoms with E-state index in [9.17, 15) is 4.79 Å². The highest BCUT2D eigenvalue weighted by atomic mass is 35.5. The van der Waals surface area contributed by atoms with Crippen LogP contribution in [-0.4, -0.2) is 18.0 Å². The number of carbonyl (C=O) groups is 1. The maximum atomic E-state index is 12.3. The van der Waals surface area contributed by atoms with Crippen LogP contribution in [0.25, 0.3) is 0 Å². The number of nitrogens with one attached hydrogen (secondary N) is 1. The quantitative estimate of drug-likeness (QED) is 0.881. The van der Waals surface area contributed by atoms with Gasteiger partial charge in [0.05, 0.1) is 4.88 Å². The summed E-state index contributed by atoms with van der Waals surface area (Å²) < 4.78 is 0. The lowest BCUT2D eigenvalue weighted by atomic mass is 9.92. The minimum Gasteiger partial charge on any atom is -0.349 e. The molecule has 0 saturated heterocycles. The maximum Gasteiger partial charge on any atom is 0.261 e. The fraction of sp³-hybridized carbons (Fsp3) is 0.667. The van der Waals surface area contributed by atoms with Crippen molar-refractivity contribution in [3.63, 3.8) is 0 Å². The molecule has 0 bridgehead atoms. The molecule has 1 aromatic heterocycles. The molecule has 3 rings (SSSR count). The predicted molar refractivity (Wildman–Crippen MR) is 85.9 cm³/mol. The van der Waals surface area contributed by atoms with E-state index in [1.165, 1.54) is 23.3 Å². The van der Waals surface area contributed by atoms with Crippen molar-refractivity contribution in [3.8, 4) is 0 Å². The Kier molecular flexibility index (Phi) is 5.47. The highest BCUT2D eigenvalue weighted by Crippen LogP contribution is 2.30. The van der Waals surface area contributed by atoms with E-state index in [2.05, 4.69) is 11.4 Å². The number of fused-ring (bicyclic) bond motifs is 1. The van der Waals surface area contributed by atoms with Crippen LogP contribution in [-0.2, 0) is 12.8 Å². The van der Waals surface area contributed by atoms with Gasteiger partial charge in [-0.3, -0.25) is 4.79 Å². The predicted octanol–water partition coefficient (Wildman–Crippen LogP) is 3.05. The van der Waals surface area contributed by atoms with Crippen molar-refractivity contribution in [2.24, 2.45) is 5.73 Å². The second kappa shape index (κ2) is 6.92. The second-order valence-electron chi connectivity index (χ2n) is 5.85. The summed E-state index contributed by atoms with van der Waals surface area (Å²) in [5.41, 5.74) is 7.30. The zero-order valence-electron chi connectivity index (χ0n) is 11.7. The Morgan fingerprint density at radius 1 is 1.20 bits per heavy atom. The molecule has 0 atom stereocenters. The molecule has 1 heterocycles. The number of amides is 1. The monoisotopic (exact) mass is 314 g/mol. The van der Waals surface area contributed by atoms with Crippen LogP contribution in [0.4, 0.5) is 0 Å². The molecule has 0 unspecified atom stereocenters. The molecule has 1 saturated carbocycles. The van der Waals surface area contributed by atoms with Gasteiger partial charge in [-0.15, -0.1) is 23.7 Å². The van der Waals surface area contributed by atoms with Gasteiger partial charge in [0.25, 0.3) is 5.91 Å². The number of nitrogens with two attached hydrogens (primary N) is 1. The Morgan fingerprint density at radius 2 is 1.90 bits per heavy atom. The van der Waals surface area contributed by atoms with Crippen molar-refractivity contribution in [2.45, 2.75) is 63.5 Å². The van der Waals surface area contributed by atoms with Crippen LogP contribution in [0.15, 0.2) is 6.07 Å². The summed E-state index contributed by atoms with van der Waals surface area (Å²) in [6.07, 6.45) is 8.97. The summed E-state index contributed by atoms with van der Waals surface area (Å²) >= 11 is 1.70. The number of carbonyl (C=O) groups excluding carboxylic acids is 1. The van der Waals surface area contributed by atoms with Crippen LogP contribution in [0.1, 0.15) is 58.6 Å². The molecule has 112 valence electrons. The van der Waals surface area contributed by atoms with Crippen LogP contribution in [0, 0.1) is 0 Å². The van der Waals surface area contributed by atoms with E-state index in [1.807, 2.05) is 0 Å². The van der Waals surface area contributed by atoms with Crippen molar-refractivity contribution in [2.75, 3.05) is 0 Å². The van der Waals surface area contributed by atoms with Gasteiger partial charge in [-0.25, -0.2) is 0 Å². The molecule has 2 aliphatic rings. The fourth-order valence-corrected chi connectivity index (χ4v) is 4.28. The third kappa shape index (κ3) is 3.54. The molecule has 0 spiro atoms. The van der Waals surface area contributed by atoms with Crippen molar-refractivity contribution >= 4 is 29.7 Å². The number of hydrogen-bond donors (Lipinski definition) is 2. The van der Waals surface area contributed by atoms with Crippen molar-refractivity contribution in [1.29, 1.82) is 0 Å². The van der Waals surface area contributed by atoms with Crippen LogP contribution in [0.3, 0.4) is 0 Å². The number of aryl methyl sites for hydroxylation is 2. The molecule has 3 N–H and O–H groups in total. The van der Waals surface area contributed by atoms with Gasteiger partial charge >= 0.3 is 0 Å². The molecular weight excluding hydrogens is 292 g/mol. The van der Waals surface area contributed by atoms with Crippen LogP contribution in [0.2, 0.25) is 0 Å². The van der Waals surface area contributed by atoms with Gasteiger partial charge < -0.3 is 11.1 Å². The molecule has 0 aromatic carbocycles. The smallest absolute Gasteiger partial charge is 0.261 e. The Morgan fingerprint density at radius 3 is 2.60 bits per heavy atom. The summed E-state index contributed by atoms with van der Waals surface area (Å²) in [5, 5.41) is 3.18. The normalized spacial score (nSPS) is 25.4. The highest BCUT2D eigenvalue weighted by molar-refractivity contribution is 7.14. The topological polar surface area (TPSA) is 55.1 Å². The lowest BCUT2D eigenvalue weighted by Gasteiger charge is -2.26. The van der Waals surface area contributed by atoms with E-state index in [1.54, 1.807) is 11.3 Å². The van der Waals surface area contributed by atoms with E-state index < -0.39 is 0 Å². The Balaban J connectivity index is 0.00000147. The molecule has 20 heavy (non-hydrogen) atoms. The van der Waals surface area contributed by atoms with E-state index in [-0.39, 0.29) is 18.3 Å². The molecule has 0 aliphatic heterocycles. The highest BCUT2D eigenvalue weighted by Gasteiger charge is 2.22. The minimum atomic E-state index is 0. The summed E-state index contributed by atoms with van der Waals surface area (Å²) in [7, 11) is 0. The average Bonchev–Trinajstić information content (AvgIpc) is 2.85. The third-order valence-corrected chi connectivity index (χ3v) is 5.56. The van der Waals surface area contributed by atoms with Crippen LogP contribution < -0.4 is 11.1 Å². The van der Waals surface area contributed by atoms with Crippen LogP contribution in [0.5, 0.6) is 0 Å². The number of halogens is 1. The molecule has 0 radical (unpaired) electrons.